The minimum Gasteiger partial charge on any atom is -0.347 e. The molecule has 2 rings (SSSR count). The van der Waals surface area contributed by atoms with Gasteiger partial charge in [0, 0.05) is 30.7 Å². The Morgan fingerprint density at radius 2 is 2.11 bits per heavy atom. The smallest absolute Gasteiger partial charge is 0.185 e. The SMILES string of the molecule is Cc1ccccc1CN(C)c1ncc(C(C)N)s1. The van der Waals surface area contributed by atoms with Crippen LogP contribution in [0.1, 0.15) is 29.0 Å². The van der Waals surface area contributed by atoms with Crippen molar-refractivity contribution in [2.75, 3.05) is 11.9 Å². The van der Waals surface area contributed by atoms with Crippen LogP contribution in [0.5, 0.6) is 0 Å². The molecular weight excluding hydrogens is 242 g/mol. The second-order valence-corrected chi connectivity index (χ2v) is 5.66. The van der Waals surface area contributed by atoms with Crippen LogP contribution in [0.4, 0.5) is 5.13 Å². The number of thiazole rings is 1. The van der Waals surface area contributed by atoms with Gasteiger partial charge < -0.3 is 10.6 Å². The van der Waals surface area contributed by atoms with E-state index in [1.165, 1.54) is 11.1 Å². The summed E-state index contributed by atoms with van der Waals surface area (Å²) in [5.41, 5.74) is 8.50. The number of benzene rings is 1. The average molecular weight is 261 g/mol. The third kappa shape index (κ3) is 2.89. The molecule has 1 heterocycles. The van der Waals surface area contributed by atoms with Crippen molar-refractivity contribution in [3.8, 4) is 0 Å². The van der Waals surface area contributed by atoms with Crippen molar-refractivity contribution < 1.29 is 0 Å². The molecule has 4 heteroatoms. The van der Waals surface area contributed by atoms with E-state index in [1.807, 2.05) is 13.1 Å². The van der Waals surface area contributed by atoms with Crippen LogP contribution < -0.4 is 10.6 Å². The molecule has 0 aliphatic rings. The Morgan fingerprint density at radius 3 is 2.72 bits per heavy atom. The summed E-state index contributed by atoms with van der Waals surface area (Å²) in [6, 6.07) is 8.50. The van der Waals surface area contributed by atoms with Crippen LogP contribution in [0, 0.1) is 6.92 Å². The van der Waals surface area contributed by atoms with Crippen molar-refractivity contribution in [3.05, 3.63) is 46.5 Å². The first-order chi connectivity index (χ1) is 8.58. The number of nitrogens with zero attached hydrogens (tertiary/aromatic N) is 2. The average Bonchev–Trinajstić information content (AvgIpc) is 2.81. The molecule has 0 bridgehead atoms. The molecule has 0 saturated heterocycles. The lowest BCUT2D eigenvalue weighted by Gasteiger charge is -2.17. The van der Waals surface area contributed by atoms with E-state index in [1.54, 1.807) is 11.3 Å². The Balaban J connectivity index is 2.12. The number of nitrogens with two attached hydrogens (primary N) is 1. The number of aryl methyl sites for hydroxylation is 1. The minimum absolute atomic E-state index is 0.0584. The monoisotopic (exact) mass is 261 g/mol. The molecule has 0 aliphatic heterocycles. The lowest BCUT2D eigenvalue weighted by molar-refractivity contribution is 0.834. The second-order valence-electron chi connectivity index (χ2n) is 4.62. The van der Waals surface area contributed by atoms with Gasteiger partial charge in [-0.1, -0.05) is 24.3 Å². The summed E-state index contributed by atoms with van der Waals surface area (Å²) in [7, 11) is 2.07. The molecule has 1 unspecified atom stereocenters. The fourth-order valence-corrected chi connectivity index (χ4v) is 2.60. The molecule has 0 radical (unpaired) electrons. The van der Waals surface area contributed by atoms with E-state index in [0.29, 0.717) is 0 Å². The molecule has 1 aromatic heterocycles. The first kappa shape index (κ1) is 13.1. The van der Waals surface area contributed by atoms with Gasteiger partial charge in [0.2, 0.25) is 0 Å². The normalized spacial score (nSPS) is 12.4. The number of hydrogen-bond acceptors (Lipinski definition) is 4. The summed E-state index contributed by atoms with van der Waals surface area (Å²) in [6.45, 7) is 5.00. The topological polar surface area (TPSA) is 42.2 Å². The molecule has 0 amide bonds. The van der Waals surface area contributed by atoms with Crippen LogP contribution in [-0.4, -0.2) is 12.0 Å². The highest BCUT2D eigenvalue weighted by atomic mass is 32.1. The maximum Gasteiger partial charge on any atom is 0.185 e. The van der Waals surface area contributed by atoms with E-state index >= 15 is 0 Å². The number of anilines is 1. The van der Waals surface area contributed by atoms with Crippen molar-refractivity contribution in [2.24, 2.45) is 5.73 Å². The first-order valence-electron chi connectivity index (χ1n) is 6.05. The number of hydrogen-bond donors (Lipinski definition) is 1. The predicted octanol–water partition coefficient (Wildman–Crippen LogP) is 3.11. The molecule has 2 N–H and O–H groups in total. The summed E-state index contributed by atoms with van der Waals surface area (Å²) < 4.78 is 0. The van der Waals surface area contributed by atoms with E-state index in [-0.39, 0.29) is 6.04 Å². The van der Waals surface area contributed by atoms with Gasteiger partial charge >= 0.3 is 0 Å². The summed E-state index contributed by atoms with van der Waals surface area (Å²) in [5.74, 6) is 0. The predicted molar refractivity (Wildman–Crippen MR) is 78.0 cm³/mol. The van der Waals surface area contributed by atoms with Crippen LogP contribution in [0.15, 0.2) is 30.5 Å². The Hall–Kier alpha value is -1.39. The standard InChI is InChI=1S/C14H19N3S/c1-10-6-4-5-7-12(10)9-17(3)14-16-8-13(18-14)11(2)15/h4-8,11H,9,15H2,1-3H3. The zero-order valence-electron chi connectivity index (χ0n) is 11.1. The maximum atomic E-state index is 5.86. The van der Waals surface area contributed by atoms with Gasteiger partial charge in [-0.05, 0) is 25.0 Å². The van der Waals surface area contributed by atoms with E-state index < -0.39 is 0 Å². The molecular formula is C14H19N3S. The van der Waals surface area contributed by atoms with Crippen LogP contribution in [0.2, 0.25) is 0 Å². The highest BCUT2D eigenvalue weighted by Crippen LogP contribution is 2.26. The van der Waals surface area contributed by atoms with Crippen molar-refractivity contribution in [1.29, 1.82) is 0 Å². The Bertz CT molecular complexity index is 519. The molecule has 1 aromatic carbocycles. The van der Waals surface area contributed by atoms with Gasteiger partial charge in [-0.15, -0.1) is 11.3 Å². The number of aromatic nitrogens is 1. The van der Waals surface area contributed by atoms with E-state index in [0.717, 1.165) is 16.6 Å². The summed E-state index contributed by atoms with van der Waals surface area (Å²) >= 11 is 1.66. The minimum atomic E-state index is 0.0584. The van der Waals surface area contributed by atoms with Crippen molar-refractivity contribution in [1.82, 2.24) is 4.98 Å². The quantitative estimate of drug-likeness (QED) is 0.919. The molecule has 0 spiro atoms. The Kier molecular flexibility index (Phi) is 3.99. The van der Waals surface area contributed by atoms with E-state index in [9.17, 15) is 0 Å². The summed E-state index contributed by atoms with van der Waals surface area (Å²) in [5, 5.41) is 1.02. The van der Waals surface area contributed by atoms with E-state index in [2.05, 4.69) is 48.1 Å². The Labute approximate surface area is 112 Å². The molecule has 96 valence electrons. The first-order valence-corrected chi connectivity index (χ1v) is 6.86. The maximum absolute atomic E-state index is 5.86. The fourth-order valence-electron chi connectivity index (χ4n) is 1.77. The lowest BCUT2D eigenvalue weighted by atomic mass is 10.1. The molecule has 0 aliphatic carbocycles. The van der Waals surface area contributed by atoms with Crippen LogP contribution in [0.3, 0.4) is 0 Å². The van der Waals surface area contributed by atoms with E-state index in [4.69, 9.17) is 5.73 Å². The van der Waals surface area contributed by atoms with Crippen LogP contribution >= 0.6 is 11.3 Å². The van der Waals surface area contributed by atoms with Crippen LogP contribution in [-0.2, 0) is 6.54 Å². The molecule has 18 heavy (non-hydrogen) atoms. The Morgan fingerprint density at radius 1 is 1.39 bits per heavy atom. The molecule has 0 saturated carbocycles. The van der Waals surface area contributed by atoms with Gasteiger partial charge in [0.15, 0.2) is 5.13 Å². The van der Waals surface area contributed by atoms with Gasteiger partial charge in [0.25, 0.3) is 0 Å². The third-order valence-electron chi connectivity index (χ3n) is 2.96. The second kappa shape index (κ2) is 5.50. The largest absolute Gasteiger partial charge is 0.347 e. The zero-order chi connectivity index (χ0) is 13.1. The van der Waals surface area contributed by atoms with Gasteiger partial charge in [-0.2, -0.15) is 0 Å². The van der Waals surface area contributed by atoms with Gasteiger partial charge in [0.05, 0.1) is 0 Å². The van der Waals surface area contributed by atoms with Crippen molar-refractivity contribution in [3.63, 3.8) is 0 Å². The highest BCUT2D eigenvalue weighted by Gasteiger charge is 2.10. The fraction of sp³-hybridized carbons (Fsp3) is 0.357. The van der Waals surface area contributed by atoms with Crippen molar-refractivity contribution >= 4 is 16.5 Å². The van der Waals surface area contributed by atoms with Crippen LogP contribution in [0.25, 0.3) is 0 Å². The van der Waals surface area contributed by atoms with Crippen molar-refractivity contribution in [2.45, 2.75) is 26.4 Å². The summed E-state index contributed by atoms with van der Waals surface area (Å²) in [6.07, 6.45) is 1.87. The van der Waals surface area contributed by atoms with Gasteiger partial charge in [0.1, 0.15) is 0 Å². The lowest BCUT2D eigenvalue weighted by Crippen LogP contribution is -2.16. The third-order valence-corrected chi connectivity index (χ3v) is 4.27. The van der Waals surface area contributed by atoms with Gasteiger partial charge in [-0.3, -0.25) is 0 Å². The highest BCUT2D eigenvalue weighted by molar-refractivity contribution is 7.15. The molecule has 3 nitrogen and oxygen atoms in total. The molecule has 0 fully saturated rings. The molecule has 2 aromatic rings. The zero-order valence-corrected chi connectivity index (χ0v) is 11.9. The summed E-state index contributed by atoms with van der Waals surface area (Å²) in [4.78, 5) is 7.72. The molecule has 1 atom stereocenters. The number of rotatable bonds is 4. The van der Waals surface area contributed by atoms with Gasteiger partial charge in [-0.25, -0.2) is 4.98 Å².